The van der Waals surface area contributed by atoms with E-state index in [0.29, 0.717) is 6.54 Å². The summed E-state index contributed by atoms with van der Waals surface area (Å²) in [4.78, 5) is 14.2. The van der Waals surface area contributed by atoms with E-state index in [9.17, 15) is 4.79 Å². The molecule has 1 aromatic heterocycles. The van der Waals surface area contributed by atoms with E-state index in [-0.39, 0.29) is 11.7 Å². The Hall–Kier alpha value is -2.48. The van der Waals surface area contributed by atoms with Crippen molar-refractivity contribution < 1.29 is 4.74 Å². The van der Waals surface area contributed by atoms with Crippen LogP contribution in [0, 0.1) is 18.4 Å². The number of hydrogen-bond donors (Lipinski definition) is 2. The number of hydrogen-bond acceptors (Lipinski definition) is 4. The van der Waals surface area contributed by atoms with Crippen molar-refractivity contribution in [2.75, 3.05) is 6.54 Å². The summed E-state index contributed by atoms with van der Waals surface area (Å²) >= 11 is 0. The lowest BCUT2D eigenvalue weighted by molar-refractivity contribution is 0.236. The Morgan fingerprint density at radius 2 is 2.42 bits per heavy atom. The Bertz CT molecular complexity index is 743. The van der Waals surface area contributed by atoms with Gasteiger partial charge in [-0.1, -0.05) is 6.07 Å². The molecule has 96 valence electrons. The SMILES string of the molecule is Cc1cc2c(c3ccc(=O)[nH]c13)OC(CNC#N)C2. The molecule has 2 N–H and O–H groups in total. The van der Waals surface area contributed by atoms with Crippen LogP contribution in [0.2, 0.25) is 0 Å². The minimum Gasteiger partial charge on any atom is -0.487 e. The molecule has 0 radical (unpaired) electrons. The Kier molecular flexibility index (Phi) is 2.64. The second kappa shape index (κ2) is 4.32. The fraction of sp³-hybridized carbons (Fsp3) is 0.286. The highest BCUT2D eigenvalue weighted by molar-refractivity contribution is 5.89. The molecule has 0 bridgehead atoms. The third-order valence-corrected chi connectivity index (χ3v) is 3.38. The Labute approximate surface area is 109 Å². The molecular weight excluding hydrogens is 242 g/mol. The zero-order valence-corrected chi connectivity index (χ0v) is 10.5. The van der Waals surface area contributed by atoms with Gasteiger partial charge >= 0.3 is 0 Å². The topological polar surface area (TPSA) is 77.9 Å². The van der Waals surface area contributed by atoms with Crippen LogP contribution in [0.25, 0.3) is 10.9 Å². The molecule has 0 saturated heterocycles. The average Bonchev–Trinajstić information content (AvgIpc) is 2.79. The van der Waals surface area contributed by atoms with Gasteiger partial charge < -0.3 is 15.0 Å². The van der Waals surface area contributed by atoms with Gasteiger partial charge in [0, 0.05) is 17.9 Å². The standard InChI is InChI=1S/C14H13N3O2/c1-8-4-9-5-10(6-16-7-15)19-14(9)11-2-3-12(18)17-13(8)11/h2-4,10,16H,5-6H2,1H3,(H,17,18). The summed E-state index contributed by atoms with van der Waals surface area (Å²) in [5, 5.41) is 12.1. The second-order valence-corrected chi connectivity index (χ2v) is 4.73. The van der Waals surface area contributed by atoms with Crippen molar-refractivity contribution in [2.24, 2.45) is 0 Å². The van der Waals surface area contributed by atoms with Crippen LogP contribution in [0.5, 0.6) is 5.75 Å². The van der Waals surface area contributed by atoms with Gasteiger partial charge in [0.05, 0.1) is 12.1 Å². The van der Waals surface area contributed by atoms with E-state index in [2.05, 4.69) is 10.3 Å². The van der Waals surface area contributed by atoms with E-state index in [1.807, 2.05) is 19.2 Å². The zero-order valence-electron chi connectivity index (χ0n) is 10.5. The van der Waals surface area contributed by atoms with Crippen LogP contribution < -0.4 is 15.6 Å². The Morgan fingerprint density at radius 1 is 1.58 bits per heavy atom. The fourth-order valence-corrected chi connectivity index (χ4v) is 2.56. The lowest BCUT2D eigenvalue weighted by atomic mass is 10.0. The summed E-state index contributed by atoms with van der Waals surface area (Å²) < 4.78 is 5.88. The van der Waals surface area contributed by atoms with Crippen LogP contribution in [-0.4, -0.2) is 17.6 Å². The van der Waals surface area contributed by atoms with Gasteiger partial charge in [-0.05, 0) is 24.1 Å². The maximum atomic E-state index is 11.4. The van der Waals surface area contributed by atoms with Crippen LogP contribution in [0.1, 0.15) is 11.1 Å². The molecule has 2 heterocycles. The summed E-state index contributed by atoms with van der Waals surface area (Å²) in [7, 11) is 0. The van der Waals surface area contributed by atoms with Gasteiger partial charge in [0.1, 0.15) is 11.9 Å². The van der Waals surface area contributed by atoms with Crippen LogP contribution in [0.4, 0.5) is 0 Å². The van der Waals surface area contributed by atoms with E-state index in [1.165, 1.54) is 6.07 Å². The lowest BCUT2D eigenvalue weighted by Crippen LogP contribution is -2.26. The monoisotopic (exact) mass is 255 g/mol. The number of H-pyrrole nitrogens is 1. The number of pyridine rings is 1. The molecule has 1 aliphatic rings. The minimum absolute atomic E-state index is 0.0356. The van der Waals surface area contributed by atoms with Crippen molar-refractivity contribution >= 4 is 10.9 Å². The maximum absolute atomic E-state index is 11.4. The summed E-state index contributed by atoms with van der Waals surface area (Å²) in [6.45, 7) is 2.47. The molecule has 1 unspecified atom stereocenters. The number of aromatic amines is 1. The number of aryl methyl sites for hydroxylation is 1. The van der Waals surface area contributed by atoms with Crippen molar-refractivity contribution in [1.82, 2.24) is 10.3 Å². The first kappa shape index (κ1) is 11.6. The molecule has 0 aliphatic carbocycles. The van der Waals surface area contributed by atoms with Gasteiger partial charge in [-0.3, -0.25) is 4.79 Å². The average molecular weight is 255 g/mol. The normalized spacial score (nSPS) is 16.7. The van der Waals surface area contributed by atoms with Gasteiger partial charge in [-0.2, -0.15) is 5.26 Å². The Morgan fingerprint density at radius 3 is 3.21 bits per heavy atom. The highest BCUT2D eigenvalue weighted by atomic mass is 16.5. The van der Waals surface area contributed by atoms with Crippen molar-refractivity contribution in [2.45, 2.75) is 19.4 Å². The Balaban J connectivity index is 2.08. The number of ether oxygens (including phenoxy) is 1. The van der Waals surface area contributed by atoms with Gasteiger partial charge in [0.25, 0.3) is 0 Å². The molecule has 0 spiro atoms. The van der Waals surface area contributed by atoms with Gasteiger partial charge in [-0.25, -0.2) is 0 Å². The number of nitriles is 1. The van der Waals surface area contributed by atoms with Gasteiger partial charge in [0.15, 0.2) is 6.19 Å². The first-order chi connectivity index (χ1) is 9.19. The predicted molar refractivity (Wildman–Crippen MR) is 71.0 cm³/mol. The molecule has 19 heavy (non-hydrogen) atoms. The molecule has 1 aromatic carbocycles. The summed E-state index contributed by atoms with van der Waals surface area (Å²) in [5.74, 6) is 0.821. The lowest BCUT2D eigenvalue weighted by Gasteiger charge is -2.10. The van der Waals surface area contributed by atoms with Crippen LogP contribution >= 0.6 is 0 Å². The van der Waals surface area contributed by atoms with Gasteiger partial charge in [0.2, 0.25) is 5.56 Å². The first-order valence-corrected chi connectivity index (χ1v) is 6.13. The van der Waals surface area contributed by atoms with Crippen LogP contribution in [0.3, 0.4) is 0 Å². The van der Waals surface area contributed by atoms with Crippen molar-refractivity contribution in [3.05, 3.63) is 39.7 Å². The number of fused-ring (bicyclic) bond motifs is 3. The predicted octanol–water partition coefficient (Wildman–Crippen LogP) is 1.21. The third kappa shape index (κ3) is 1.91. The number of nitrogens with one attached hydrogen (secondary N) is 2. The van der Waals surface area contributed by atoms with Crippen LogP contribution in [-0.2, 0) is 6.42 Å². The fourth-order valence-electron chi connectivity index (χ4n) is 2.56. The number of nitrogens with zero attached hydrogens (tertiary/aromatic N) is 1. The van der Waals surface area contributed by atoms with E-state index in [0.717, 1.165) is 34.2 Å². The largest absolute Gasteiger partial charge is 0.487 e. The zero-order chi connectivity index (χ0) is 13.4. The molecular formula is C14H13N3O2. The van der Waals surface area contributed by atoms with Crippen molar-refractivity contribution in [3.63, 3.8) is 0 Å². The quantitative estimate of drug-likeness (QED) is 0.624. The molecule has 0 fully saturated rings. The minimum atomic E-state index is -0.115. The number of rotatable bonds is 2. The third-order valence-electron chi connectivity index (χ3n) is 3.38. The van der Waals surface area contributed by atoms with E-state index in [1.54, 1.807) is 6.07 Å². The summed E-state index contributed by atoms with van der Waals surface area (Å²) in [5.41, 5.74) is 2.86. The number of aromatic nitrogens is 1. The highest BCUT2D eigenvalue weighted by Gasteiger charge is 2.25. The summed E-state index contributed by atoms with van der Waals surface area (Å²) in [6.07, 6.45) is 2.64. The molecule has 0 saturated carbocycles. The second-order valence-electron chi connectivity index (χ2n) is 4.73. The first-order valence-electron chi connectivity index (χ1n) is 6.13. The van der Waals surface area contributed by atoms with Crippen molar-refractivity contribution in [3.8, 4) is 11.9 Å². The number of benzene rings is 1. The van der Waals surface area contributed by atoms with E-state index >= 15 is 0 Å². The molecule has 0 amide bonds. The molecule has 1 aliphatic heterocycles. The summed E-state index contributed by atoms with van der Waals surface area (Å²) in [6, 6.07) is 5.34. The molecule has 3 rings (SSSR count). The van der Waals surface area contributed by atoms with Crippen LogP contribution in [0.15, 0.2) is 23.0 Å². The maximum Gasteiger partial charge on any atom is 0.248 e. The van der Waals surface area contributed by atoms with Crippen molar-refractivity contribution in [1.29, 1.82) is 5.26 Å². The van der Waals surface area contributed by atoms with E-state index < -0.39 is 0 Å². The highest BCUT2D eigenvalue weighted by Crippen LogP contribution is 2.36. The molecule has 5 heteroatoms. The van der Waals surface area contributed by atoms with Gasteiger partial charge in [-0.15, -0.1) is 0 Å². The molecule has 5 nitrogen and oxygen atoms in total. The molecule has 2 aromatic rings. The van der Waals surface area contributed by atoms with E-state index in [4.69, 9.17) is 10.00 Å². The molecule has 1 atom stereocenters. The smallest absolute Gasteiger partial charge is 0.248 e.